The minimum atomic E-state index is -0.0979. The lowest BCUT2D eigenvalue weighted by Crippen LogP contribution is -2.21. The lowest BCUT2D eigenvalue weighted by Gasteiger charge is -2.24. The number of tetrazole rings is 1. The van der Waals surface area contributed by atoms with Gasteiger partial charge in [-0.3, -0.25) is 0 Å². The van der Waals surface area contributed by atoms with Gasteiger partial charge >= 0.3 is 0 Å². The zero-order chi connectivity index (χ0) is 17.4. The second-order valence-electron chi connectivity index (χ2n) is 5.41. The number of fused-ring (bicyclic) bond motifs is 1. The van der Waals surface area contributed by atoms with Gasteiger partial charge in [0.25, 0.3) is 5.95 Å². The lowest BCUT2D eigenvalue weighted by atomic mass is 9.98. The van der Waals surface area contributed by atoms with Crippen molar-refractivity contribution in [3.05, 3.63) is 44.6 Å². The molecule has 3 heterocycles. The van der Waals surface area contributed by atoms with E-state index in [0.29, 0.717) is 12.4 Å². The largest absolute Gasteiger partial charge is 0.497 e. The number of hydrogen-bond donors (Lipinski definition) is 0. The van der Waals surface area contributed by atoms with Crippen LogP contribution in [0.3, 0.4) is 0 Å². The van der Waals surface area contributed by atoms with E-state index in [-0.39, 0.29) is 6.04 Å². The highest BCUT2D eigenvalue weighted by Crippen LogP contribution is 2.38. The van der Waals surface area contributed by atoms with Gasteiger partial charge in [0, 0.05) is 22.9 Å². The number of halogens is 1. The summed E-state index contributed by atoms with van der Waals surface area (Å²) in [4.78, 5) is 5.72. The molecule has 2 aromatic heterocycles. The molecule has 1 unspecified atom stereocenters. The monoisotopic (exact) mass is 419 g/mol. The van der Waals surface area contributed by atoms with Crippen LogP contribution in [0.1, 0.15) is 22.9 Å². The van der Waals surface area contributed by atoms with Crippen LogP contribution in [0.5, 0.6) is 11.5 Å². The topological polar surface area (TPSA) is 74.4 Å². The molecule has 0 aliphatic carbocycles. The first-order valence-corrected chi connectivity index (χ1v) is 9.13. The second-order valence-corrected chi connectivity index (χ2v) is 7.88. The van der Waals surface area contributed by atoms with Crippen LogP contribution in [0.2, 0.25) is 0 Å². The van der Waals surface area contributed by atoms with Crippen LogP contribution in [0, 0.1) is 0 Å². The molecule has 0 saturated carbocycles. The average Bonchev–Trinajstić information content (AvgIpc) is 3.29. The molecule has 1 aliphatic rings. The first kappa shape index (κ1) is 16.2. The van der Waals surface area contributed by atoms with E-state index in [0.717, 1.165) is 31.4 Å². The number of aromatic nitrogens is 4. The molecule has 0 N–H and O–H groups in total. The second kappa shape index (κ2) is 6.57. The molecular formula is C16H14BrN5O2S. The number of benzene rings is 1. The summed E-state index contributed by atoms with van der Waals surface area (Å²) in [6.07, 6.45) is 0.674. The number of methoxy groups -OCH3 is 2. The molecule has 0 amide bonds. The van der Waals surface area contributed by atoms with Crippen LogP contribution in [-0.2, 0) is 0 Å². The van der Waals surface area contributed by atoms with Crippen molar-refractivity contribution >= 4 is 38.9 Å². The van der Waals surface area contributed by atoms with E-state index in [9.17, 15) is 0 Å². The fourth-order valence-corrected chi connectivity index (χ4v) is 4.25. The number of hydrogen-bond acceptors (Lipinski definition) is 7. The molecule has 4 rings (SSSR count). The zero-order valence-electron chi connectivity index (χ0n) is 13.5. The summed E-state index contributed by atoms with van der Waals surface area (Å²) in [6, 6.07) is 9.74. The molecule has 3 aromatic rings. The summed E-state index contributed by atoms with van der Waals surface area (Å²) in [5, 5.41) is 12.0. The summed E-state index contributed by atoms with van der Waals surface area (Å²) < 4.78 is 13.7. The van der Waals surface area contributed by atoms with E-state index in [1.165, 1.54) is 0 Å². The van der Waals surface area contributed by atoms with Gasteiger partial charge in [-0.15, -0.1) is 11.3 Å². The number of thiophene rings is 1. The maximum atomic E-state index is 5.57. The van der Waals surface area contributed by atoms with Crippen LogP contribution in [-0.4, -0.2) is 40.1 Å². The molecule has 1 aliphatic heterocycles. The van der Waals surface area contributed by atoms with E-state index in [2.05, 4.69) is 42.5 Å². The smallest absolute Gasteiger partial charge is 0.269 e. The van der Waals surface area contributed by atoms with Crippen molar-refractivity contribution in [2.45, 2.75) is 12.5 Å². The summed E-state index contributed by atoms with van der Waals surface area (Å²) in [5.74, 6) is 1.97. The van der Waals surface area contributed by atoms with Gasteiger partial charge in [-0.2, -0.15) is 0 Å². The molecule has 0 radical (unpaired) electrons. The van der Waals surface area contributed by atoms with E-state index in [1.54, 1.807) is 30.2 Å². The number of rotatable bonds is 4. The number of aliphatic imine (C=N–C) groups is 1. The quantitative estimate of drug-likeness (QED) is 0.645. The Balaban J connectivity index is 1.80. The fraction of sp³-hybridized carbons (Fsp3) is 0.250. The molecule has 1 aromatic carbocycles. The van der Waals surface area contributed by atoms with Crippen LogP contribution in [0.4, 0.5) is 5.95 Å². The Labute approximate surface area is 156 Å². The Morgan fingerprint density at radius 3 is 2.80 bits per heavy atom. The summed E-state index contributed by atoms with van der Waals surface area (Å²) in [5.41, 5.74) is 1.95. The van der Waals surface area contributed by atoms with Crippen molar-refractivity contribution in [2.75, 3.05) is 14.2 Å². The highest BCUT2D eigenvalue weighted by molar-refractivity contribution is 9.11. The lowest BCUT2D eigenvalue weighted by molar-refractivity contribution is 0.382. The number of ether oxygens (including phenoxy) is 2. The minimum Gasteiger partial charge on any atom is -0.497 e. The molecule has 0 fully saturated rings. The van der Waals surface area contributed by atoms with Crippen LogP contribution >= 0.6 is 27.3 Å². The molecule has 7 nitrogen and oxygen atoms in total. The molecule has 0 spiro atoms. The minimum absolute atomic E-state index is 0.0979. The van der Waals surface area contributed by atoms with Crippen molar-refractivity contribution in [3.8, 4) is 11.5 Å². The van der Waals surface area contributed by atoms with Crippen LogP contribution in [0.25, 0.3) is 0 Å². The van der Waals surface area contributed by atoms with Crippen molar-refractivity contribution in [3.63, 3.8) is 0 Å². The first-order valence-electron chi connectivity index (χ1n) is 7.52. The third kappa shape index (κ3) is 2.93. The Morgan fingerprint density at radius 1 is 1.20 bits per heavy atom. The summed E-state index contributed by atoms with van der Waals surface area (Å²) >= 11 is 5.15. The molecule has 128 valence electrons. The third-order valence-electron chi connectivity index (χ3n) is 4.05. The molecule has 0 saturated heterocycles. The van der Waals surface area contributed by atoms with Crippen molar-refractivity contribution < 1.29 is 9.47 Å². The predicted octanol–water partition coefficient (Wildman–Crippen LogP) is 3.63. The molecule has 25 heavy (non-hydrogen) atoms. The maximum absolute atomic E-state index is 5.57. The third-order valence-corrected chi connectivity index (χ3v) is 5.72. The zero-order valence-corrected chi connectivity index (χ0v) is 15.9. The highest BCUT2D eigenvalue weighted by Gasteiger charge is 2.29. The van der Waals surface area contributed by atoms with Gasteiger partial charge in [-0.25, -0.2) is 9.67 Å². The van der Waals surface area contributed by atoms with E-state index in [1.807, 2.05) is 24.3 Å². The first-order chi connectivity index (χ1) is 12.2. The Bertz CT molecular complexity index is 952. The molecule has 1 atom stereocenters. The summed E-state index contributed by atoms with van der Waals surface area (Å²) in [6.45, 7) is 0. The molecule has 0 bridgehead atoms. The summed E-state index contributed by atoms with van der Waals surface area (Å²) in [7, 11) is 3.28. The van der Waals surface area contributed by atoms with Crippen molar-refractivity contribution in [2.24, 2.45) is 4.99 Å². The Morgan fingerprint density at radius 2 is 2.08 bits per heavy atom. The van der Waals surface area contributed by atoms with Crippen LogP contribution in [0.15, 0.2) is 39.1 Å². The maximum Gasteiger partial charge on any atom is 0.269 e. The fourth-order valence-electron chi connectivity index (χ4n) is 2.86. The highest BCUT2D eigenvalue weighted by atomic mass is 79.9. The van der Waals surface area contributed by atoms with Gasteiger partial charge in [0.1, 0.15) is 11.5 Å². The Kier molecular flexibility index (Phi) is 4.26. The van der Waals surface area contributed by atoms with Gasteiger partial charge in [0.2, 0.25) is 0 Å². The van der Waals surface area contributed by atoms with E-state index < -0.39 is 0 Å². The Hall–Kier alpha value is -2.26. The van der Waals surface area contributed by atoms with Gasteiger partial charge in [-0.05, 0) is 50.6 Å². The SMILES string of the molecule is COc1ccc(C2CC(c3ccc(Br)s3)=Nc3nnnn32)c(OC)c1. The van der Waals surface area contributed by atoms with Gasteiger partial charge in [-0.1, -0.05) is 5.10 Å². The molecule has 9 heteroatoms. The average molecular weight is 420 g/mol. The number of nitrogens with zero attached hydrogens (tertiary/aromatic N) is 5. The van der Waals surface area contributed by atoms with E-state index in [4.69, 9.17) is 9.47 Å². The standard InChI is InChI=1S/C16H14BrN5O2S/c1-23-9-3-4-10(13(7-9)24-2)12-8-11(14-5-6-15(17)25-14)18-16-19-20-21-22(12)16/h3-7,12H,8H2,1-2H3. The van der Waals surface area contributed by atoms with Crippen LogP contribution < -0.4 is 9.47 Å². The van der Waals surface area contributed by atoms with Crippen molar-refractivity contribution in [1.29, 1.82) is 0 Å². The van der Waals surface area contributed by atoms with E-state index >= 15 is 0 Å². The van der Waals surface area contributed by atoms with Gasteiger partial charge < -0.3 is 9.47 Å². The van der Waals surface area contributed by atoms with Gasteiger partial charge in [0.05, 0.1) is 29.8 Å². The van der Waals surface area contributed by atoms with Gasteiger partial charge in [0.15, 0.2) is 0 Å². The predicted molar refractivity (Wildman–Crippen MR) is 98.3 cm³/mol. The van der Waals surface area contributed by atoms with Crippen molar-refractivity contribution in [1.82, 2.24) is 20.2 Å². The normalized spacial score (nSPS) is 16.3. The molecular weight excluding hydrogens is 406 g/mol.